The van der Waals surface area contributed by atoms with Gasteiger partial charge in [-0.2, -0.15) is 5.10 Å². The maximum atomic E-state index is 12.1. The molecule has 1 aromatic carbocycles. The standard InChI is InChI=1S/C20H27Cl3N2O2/c21-16-12-18(23)19(13-17(16)22)27-14-20(26)25-24-15-10-8-6-4-2-1-3-5-7-9-11-15/h12-13H,1-11,14H2,(H,25,26). The Labute approximate surface area is 176 Å². The molecule has 1 N–H and O–H groups in total. The summed E-state index contributed by atoms with van der Waals surface area (Å²) >= 11 is 17.9. The van der Waals surface area contributed by atoms with Gasteiger partial charge >= 0.3 is 0 Å². The summed E-state index contributed by atoms with van der Waals surface area (Å²) in [5.41, 5.74) is 3.67. The lowest BCUT2D eigenvalue weighted by Gasteiger charge is -2.11. The molecule has 1 aliphatic carbocycles. The molecule has 0 aliphatic heterocycles. The minimum atomic E-state index is -0.323. The first-order chi connectivity index (χ1) is 13.1. The van der Waals surface area contributed by atoms with Gasteiger partial charge in [-0.25, -0.2) is 5.43 Å². The molecule has 0 unspecified atom stereocenters. The number of nitrogens with zero attached hydrogens (tertiary/aromatic N) is 1. The molecule has 150 valence electrons. The van der Waals surface area contributed by atoms with Crippen molar-refractivity contribution >= 4 is 46.4 Å². The Kier molecular flexibility index (Phi) is 10.3. The van der Waals surface area contributed by atoms with Crippen LogP contribution in [0.4, 0.5) is 0 Å². The van der Waals surface area contributed by atoms with E-state index in [0.717, 1.165) is 31.4 Å². The molecule has 0 aromatic heterocycles. The Morgan fingerprint density at radius 2 is 1.37 bits per heavy atom. The third kappa shape index (κ3) is 8.71. The van der Waals surface area contributed by atoms with E-state index in [1.165, 1.54) is 57.1 Å². The summed E-state index contributed by atoms with van der Waals surface area (Å²) in [6, 6.07) is 2.99. The van der Waals surface area contributed by atoms with Crippen LogP contribution in [0.1, 0.15) is 70.6 Å². The number of nitrogens with one attached hydrogen (secondary N) is 1. The van der Waals surface area contributed by atoms with Crippen molar-refractivity contribution in [1.82, 2.24) is 5.43 Å². The Balaban J connectivity index is 1.82. The SMILES string of the molecule is O=C(COc1cc(Cl)c(Cl)cc1Cl)NN=C1CCCCCCCCCCC1. The number of hydrogen-bond donors (Lipinski definition) is 1. The highest BCUT2D eigenvalue weighted by atomic mass is 35.5. The van der Waals surface area contributed by atoms with Crippen molar-refractivity contribution in [3.8, 4) is 5.75 Å². The lowest BCUT2D eigenvalue weighted by molar-refractivity contribution is -0.123. The fraction of sp³-hybridized carbons (Fsp3) is 0.600. The van der Waals surface area contributed by atoms with Crippen molar-refractivity contribution in [3.05, 3.63) is 27.2 Å². The van der Waals surface area contributed by atoms with E-state index in [9.17, 15) is 4.79 Å². The smallest absolute Gasteiger partial charge is 0.277 e. The zero-order valence-corrected chi connectivity index (χ0v) is 17.8. The van der Waals surface area contributed by atoms with Crippen LogP contribution in [0.5, 0.6) is 5.75 Å². The number of hydrogen-bond acceptors (Lipinski definition) is 3. The van der Waals surface area contributed by atoms with E-state index in [1.54, 1.807) is 0 Å². The summed E-state index contributed by atoms with van der Waals surface area (Å²) < 4.78 is 5.43. The van der Waals surface area contributed by atoms with Crippen molar-refractivity contribution in [2.45, 2.75) is 70.6 Å². The first-order valence-corrected chi connectivity index (χ1v) is 10.8. The predicted molar refractivity (Wildman–Crippen MR) is 113 cm³/mol. The molecule has 0 heterocycles. The highest BCUT2D eigenvalue weighted by Crippen LogP contribution is 2.33. The van der Waals surface area contributed by atoms with Crippen molar-refractivity contribution in [2.24, 2.45) is 5.10 Å². The second-order valence-corrected chi connectivity index (χ2v) is 8.10. The molecule has 1 aliphatic rings. The average molecular weight is 434 g/mol. The van der Waals surface area contributed by atoms with Crippen LogP contribution in [0.25, 0.3) is 0 Å². The zero-order valence-electron chi connectivity index (χ0n) is 15.5. The van der Waals surface area contributed by atoms with Crippen LogP contribution in [0.3, 0.4) is 0 Å². The normalized spacial score (nSPS) is 16.8. The van der Waals surface area contributed by atoms with Crippen LogP contribution in [-0.2, 0) is 4.79 Å². The molecule has 1 aromatic rings. The molecule has 0 bridgehead atoms. The minimum Gasteiger partial charge on any atom is -0.482 e. The van der Waals surface area contributed by atoms with Crippen LogP contribution in [0, 0.1) is 0 Å². The van der Waals surface area contributed by atoms with Crippen molar-refractivity contribution in [3.63, 3.8) is 0 Å². The molecule has 1 saturated carbocycles. The zero-order chi connectivity index (χ0) is 19.5. The summed E-state index contributed by atoms with van der Waals surface area (Å²) in [6.07, 6.45) is 13.2. The molecule has 7 heteroatoms. The van der Waals surface area contributed by atoms with E-state index >= 15 is 0 Å². The minimum absolute atomic E-state index is 0.186. The number of carbonyl (C=O) groups excluding carboxylic acids is 1. The molecule has 27 heavy (non-hydrogen) atoms. The number of benzene rings is 1. The summed E-state index contributed by atoms with van der Waals surface area (Å²) in [7, 11) is 0. The van der Waals surface area contributed by atoms with Crippen LogP contribution >= 0.6 is 34.8 Å². The number of ether oxygens (including phenoxy) is 1. The second kappa shape index (κ2) is 12.5. The van der Waals surface area contributed by atoms with Gasteiger partial charge in [-0.1, -0.05) is 79.7 Å². The summed E-state index contributed by atoms with van der Waals surface area (Å²) in [5, 5.41) is 5.31. The third-order valence-corrected chi connectivity index (χ3v) is 5.62. The number of amides is 1. The quantitative estimate of drug-likeness (QED) is 0.419. The Morgan fingerprint density at radius 3 is 1.96 bits per heavy atom. The lowest BCUT2D eigenvalue weighted by atomic mass is 10.00. The monoisotopic (exact) mass is 432 g/mol. The molecule has 1 fully saturated rings. The lowest BCUT2D eigenvalue weighted by Crippen LogP contribution is -2.26. The van der Waals surface area contributed by atoms with E-state index in [-0.39, 0.29) is 12.5 Å². The number of carbonyl (C=O) groups is 1. The van der Waals surface area contributed by atoms with Gasteiger partial charge in [0.1, 0.15) is 5.75 Å². The van der Waals surface area contributed by atoms with E-state index in [1.807, 2.05) is 0 Å². The predicted octanol–water partition coefficient (Wildman–Crippen LogP) is 6.80. The van der Waals surface area contributed by atoms with Gasteiger partial charge in [0, 0.05) is 11.8 Å². The summed E-state index contributed by atoms with van der Waals surface area (Å²) in [5.74, 6) is -0.00404. The Morgan fingerprint density at radius 1 is 0.852 bits per heavy atom. The van der Waals surface area contributed by atoms with E-state index < -0.39 is 0 Å². The first kappa shape index (κ1) is 22.3. The molecule has 0 saturated heterocycles. The largest absolute Gasteiger partial charge is 0.482 e. The third-order valence-electron chi connectivity index (χ3n) is 4.60. The summed E-state index contributed by atoms with van der Waals surface area (Å²) in [4.78, 5) is 12.1. The highest BCUT2D eigenvalue weighted by Gasteiger charge is 2.10. The molecular formula is C20H27Cl3N2O2. The first-order valence-electron chi connectivity index (χ1n) is 9.68. The van der Waals surface area contributed by atoms with Gasteiger partial charge < -0.3 is 4.74 Å². The van der Waals surface area contributed by atoms with Crippen LogP contribution < -0.4 is 10.2 Å². The Hall–Kier alpha value is -0.970. The molecule has 0 spiro atoms. The van der Waals surface area contributed by atoms with Crippen molar-refractivity contribution in [1.29, 1.82) is 0 Å². The van der Waals surface area contributed by atoms with Crippen molar-refractivity contribution in [2.75, 3.05) is 6.61 Å². The maximum absolute atomic E-state index is 12.1. The molecular weight excluding hydrogens is 407 g/mol. The van der Waals surface area contributed by atoms with E-state index in [4.69, 9.17) is 39.5 Å². The van der Waals surface area contributed by atoms with Crippen molar-refractivity contribution < 1.29 is 9.53 Å². The van der Waals surface area contributed by atoms with E-state index in [2.05, 4.69) is 10.5 Å². The van der Waals surface area contributed by atoms with Gasteiger partial charge in [0.2, 0.25) is 0 Å². The van der Waals surface area contributed by atoms with E-state index in [0.29, 0.717) is 20.8 Å². The summed E-state index contributed by atoms with van der Waals surface area (Å²) in [6.45, 7) is -0.186. The number of halogens is 3. The molecule has 2 rings (SSSR count). The van der Waals surface area contributed by atoms with Gasteiger partial charge in [-0.05, 0) is 31.7 Å². The van der Waals surface area contributed by atoms with Crippen LogP contribution in [0.2, 0.25) is 15.1 Å². The Bertz CT molecular complexity index is 636. The van der Waals surface area contributed by atoms with Gasteiger partial charge in [-0.3, -0.25) is 4.79 Å². The molecule has 0 radical (unpaired) electrons. The van der Waals surface area contributed by atoms with Gasteiger partial charge in [0.25, 0.3) is 5.91 Å². The molecule has 1 amide bonds. The maximum Gasteiger partial charge on any atom is 0.277 e. The average Bonchev–Trinajstić information content (AvgIpc) is 2.63. The van der Waals surface area contributed by atoms with Crippen LogP contribution in [0.15, 0.2) is 17.2 Å². The topological polar surface area (TPSA) is 50.7 Å². The van der Waals surface area contributed by atoms with Crippen LogP contribution in [-0.4, -0.2) is 18.2 Å². The van der Waals surface area contributed by atoms with Gasteiger partial charge in [0.05, 0.1) is 15.1 Å². The fourth-order valence-corrected chi connectivity index (χ4v) is 3.66. The number of rotatable bonds is 4. The second-order valence-electron chi connectivity index (χ2n) is 6.88. The number of hydrazone groups is 1. The highest BCUT2D eigenvalue weighted by molar-refractivity contribution is 6.43. The molecule has 0 atom stereocenters. The fourth-order valence-electron chi connectivity index (χ4n) is 3.06. The van der Waals surface area contributed by atoms with Gasteiger partial charge in [0.15, 0.2) is 6.61 Å². The molecule has 4 nitrogen and oxygen atoms in total. The van der Waals surface area contributed by atoms with Gasteiger partial charge in [-0.15, -0.1) is 0 Å².